The summed E-state index contributed by atoms with van der Waals surface area (Å²) in [5, 5.41) is -1.19. The average molecular weight is 575 g/mol. The van der Waals surface area contributed by atoms with Gasteiger partial charge < -0.3 is 23.2 Å². The number of hydrogen-bond donors (Lipinski definition) is 1. The smallest absolute Gasteiger partial charge is 0.744 e. The van der Waals surface area contributed by atoms with Crippen LogP contribution in [0.5, 0.6) is 0 Å². The molecule has 3 aromatic rings. The van der Waals surface area contributed by atoms with Crippen LogP contribution < -0.4 is 118 Å². The number of rotatable bonds is 4. The summed E-state index contributed by atoms with van der Waals surface area (Å²) in [5.41, 5.74) is -1.40. The van der Waals surface area contributed by atoms with Crippen LogP contribution in [-0.4, -0.2) is 56.9 Å². The number of aromatic nitrogens is 1. The fourth-order valence-corrected chi connectivity index (χ4v) is 5.23. The number of nitrogens with one attached hydrogen (secondary N) is 1. The van der Waals surface area contributed by atoms with E-state index in [0.29, 0.717) is 12.1 Å². The van der Waals surface area contributed by atoms with Gasteiger partial charge in [0, 0.05) is 10.8 Å². The monoisotopic (exact) mass is 575 g/mol. The molecule has 13 nitrogen and oxygen atoms in total. The Kier molecular flexibility index (Phi) is 13.6. The molecule has 0 aliphatic carbocycles. The molecule has 0 spiro atoms. The van der Waals surface area contributed by atoms with Gasteiger partial charge in [-0.3, -0.25) is 0 Å². The van der Waals surface area contributed by atoms with Gasteiger partial charge in [0.25, 0.3) is 0 Å². The molecular weight excluding hydrogens is 570 g/mol. The van der Waals surface area contributed by atoms with E-state index in [-0.39, 0.29) is 130 Å². The molecule has 33 heavy (non-hydrogen) atoms. The second-order valence-electron chi connectivity index (χ2n) is 5.63. The van der Waals surface area contributed by atoms with E-state index < -0.39 is 81.9 Å². The second-order valence-corrected chi connectivity index (χ2v) is 11.1. The summed E-state index contributed by atoms with van der Waals surface area (Å²) in [6.45, 7) is 0. The average Bonchev–Trinajstić information content (AvgIpc) is 2.87. The van der Waals surface area contributed by atoms with Gasteiger partial charge in [-0.05, 0) is 24.3 Å². The molecule has 0 atom stereocenters. The third-order valence-electron chi connectivity index (χ3n) is 3.81. The van der Waals surface area contributed by atoms with Crippen LogP contribution in [0.1, 0.15) is 0 Å². The van der Waals surface area contributed by atoms with Crippen molar-refractivity contribution in [1.29, 1.82) is 0 Å². The first-order chi connectivity index (χ1) is 12.9. The van der Waals surface area contributed by atoms with Gasteiger partial charge in [-0.1, -0.05) is 0 Å². The van der Waals surface area contributed by atoms with Gasteiger partial charge in [0.05, 0.1) is 30.6 Å². The van der Waals surface area contributed by atoms with E-state index in [4.69, 9.17) is 0 Å². The van der Waals surface area contributed by atoms with Gasteiger partial charge >= 0.3 is 118 Å². The molecule has 0 bridgehead atoms. The summed E-state index contributed by atoms with van der Waals surface area (Å²) in [7, 11) is -21.5. The molecule has 3 rings (SSSR count). The minimum absolute atomic E-state index is 0. The third kappa shape index (κ3) is 7.93. The first-order valence-corrected chi connectivity index (χ1v) is 12.5. The molecule has 21 heteroatoms. The summed E-state index contributed by atoms with van der Waals surface area (Å²) < 4.78 is 137. The summed E-state index contributed by atoms with van der Waals surface area (Å²) in [6, 6.07) is 1.51. The summed E-state index contributed by atoms with van der Waals surface area (Å²) in [6.07, 6.45) is 0. The minimum Gasteiger partial charge on any atom is -0.744 e. The van der Waals surface area contributed by atoms with Gasteiger partial charge in [0.2, 0.25) is 0 Å². The van der Waals surface area contributed by atoms with Gasteiger partial charge in [-0.2, -0.15) is 0 Å². The Bertz CT molecular complexity index is 1520. The van der Waals surface area contributed by atoms with E-state index >= 15 is 0 Å². The normalized spacial score (nSPS) is 12.2. The van der Waals surface area contributed by atoms with Crippen molar-refractivity contribution >= 4 is 62.3 Å². The van der Waals surface area contributed by atoms with Crippen molar-refractivity contribution < 1.29 is 170 Å². The molecule has 2 aromatic carbocycles. The summed E-state index contributed by atoms with van der Waals surface area (Å²) >= 11 is 0. The van der Waals surface area contributed by atoms with Gasteiger partial charge in [0.1, 0.15) is 40.5 Å². The first kappa shape index (κ1) is 37.0. The van der Waals surface area contributed by atoms with Crippen molar-refractivity contribution in [2.75, 3.05) is 0 Å². The maximum absolute atomic E-state index is 11.5. The van der Waals surface area contributed by atoms with Crippen molar-refractivity contribution in [3.05, 3.63) is 24.3 Å². The minimum atomic E-state index is -5.44. The van der Waals surface area contributed by atoms with E-state index in [1.165, 1.54) is 0 Å². The number of hydrogen-bond acceptors (Lipinski definition) is 12. The van der Waals surface area contributed by atoms with Gasteiger partial charge in [0.15, 0.2) is 0 Å². The topological polar surface area (TPSA) is 245 Å². The van der Waals surface area contributed by atoms with Crippen LogP contribution in [0.2, 0.25) is 0 Å². The largest absolute Gasteiger partial charge is 1.00 e. The Balaban J connectivity index is 0. The van der Waals surface area contributed by atoms with Crippen LogP contribution in [0, 0.1) is 0 Å². The standard InChI is InChI=1S/C12H9NO12S4.4Na/c14-26(15,16)5-1-7-8-2-6(27(17,18)19)4-10(29(23,24)25)12(8)13-11(7)9(3-5)28(20,21)22;;;;/h1-4,13H,(H,14,15,16)(H,17,18,19)(H,20,21,22)(H,23,24,25);;;;/q;4*+1/p-4. The van der Waals surface area contributed by atoms with Gasteiger partial charge in [-0.25, -0.2) is 33.7 Å². The molecule has 158 valence electrons. The molecule has 0 amide bonds. The van der Waals surface area contributed by atoms with E-state index in [1.54, 1.807) is 0 Å². The van der Waals surface area contributed by atoms with Crippen molar-refractivity contribution in [3.63, 3.8) is 0 Å². The molecule has 0 unspecified atom stereocenters. The van der Waals surface area contributed by atoms with Crippen molar-refractivity contribution in [1.82, 2.24) is 4.98 Å². The molecule has 0 saturated carbocycles. The summed E-state index contributed by atoms with van der Waals surface area (Å²) in [4.78, 5) is -2.83. The fraction of sp³-hybridized carbons (Fsp3) is 0. The molecule has 1 heterocycles. The van der Waals surface area contributed by atoms with Crippen LogP contribution in [0.25, 0.3) is 21.8 Å². The number of aromatic amines is 1. The van der Waals surface area contributed by atoms with Gasteiger partial charge in [-0.15, -0.1) is 0 Å². The Morgan fingerprint density at radius 1 is 0.485 bits per heavy atom. The van der Waals surface area contributed by atoms with E-state index in [1.807, 2.05) is 0 Å². The molecule has 1 N–H and O–H groups in total. The predicted molar refractivity (Wildman–Crippen MR) is 87.7 cm³/mol. The van der Waals surface area contributed by atoms with Crippen LogP contribution in [0.3, 0.4) is 0 Å². The Morgan fingerprint density at radius 2 is 0.758 bits per heavy atom. The summed E-state index contributed by atoms with van der Waals surface area (Å²) in [5.74, 6) is 0. The molecular formula is C12H5NNa4O12S4. The Morgan fingerprint density at radius 3 is 0.970 bits per heavy atom. The van der Waals surface area contributed by atoms with Crippen molar-refractivity contribution in [3.8, 4) is 0 Å². The quantitative estimate of drug-likeness (QED) is 0.225. The van der Waals surface area contributed by atoms with E-state index in [0.717, 1.165) is 0 Å². The Hall–Kier alpha value is 1.88. The van der Waals surface area contributed by atoms with Crippen LogP contribution in [0.4, 0.5) is 0 Å². The molecule has 0 aliphatic rings. The fourth-order valence-electron chi connectivity index (χ4n) is 2.67. The molecule has 0 aliphatic heterocycles. The Labute approximate surface area is 276 Å². The van der Waals surface area contributed by atoms with Crippen LogP contribution in [-0.2, 0) is 40.5 Å². The van der Waals surface area contributed by atoms with Crippen molar-refractivity contribution in [2.24, 2.45) is 0 Å². The SMILES string of the molecule is O=S(=O)([O-])c1cc(S(=O)(=O)[O-])c2[nH]c3c(S(=O)(=O)[O-])cc(S(=O)(=O)[O-])cc3c2c1.[Na+].[Na+].[Na+].[Na+]. The van der Waals surface area contributed by atoms with E-state index in [2.05, 4.69) is 4.98 Å². The molecule has 0 saturated heterocycles. The number of fused-ring (bicyclic) bond motifs is 3. The molecule has 1 aromatic heterocycles. The van der Waals surface area contributed by atoms with Crippen LogP contribution in [0.15, 0.2) is 43.8 Å². The zero-order valence-electron chi connectivity index (χ0n) is 17.3. The van der Waals surface area contributed by atoms with E-state index in [9.17, 15) is 51.9 Å². The number of H-pyrrole nitrogens is 1. The van der Waals surface area contributed by atoms with Crippen LogP contribution >= 0.6 is 0 Å². The molecule has 0 fully saturated rings. The second kappa shape index (κ2) is 12.2. The molecule has 0 radical (unpaired) electrons. The zero-order chi connectivity index (χ0) is 22.2. The third-order valence-corrected chi connectivity index (χ3v) is 7.15. The maximum atomic E-state index is 11.5. The zero-order valence-corrected chi connectivity index (χ0v) is 28.6. The predicted octanol–water partition coefficient (Wildman–Crippen LogP) is -13.0. The number of benzene rings is 2. The first-order valence-electron chi connectivity index (χ1n) is 6.88. The maximum Gasteiger partial charge on any atom is 1.00 e. The van der Waals surface area contributed by atoms with Crippen molar-refractivity contribution in [2.45, 2.75) is 19.6 Å².